The highest BCUT2D eigenvalue weighted by Gasteiger charge is 2.42. The quantitative estimate of drug-likeness (QED) is 0.741. The van der Waals surface area contributed by atoms with Crippen molar-refractivity contribution in [3.63, 3.8) is 0 Å². The Hall–Kier alpha value is -0.280. The van der Waals surface area contributed by atoms with Crippen LogP contribution in [0.5, 0.6) is 0 Å². The molecule has 0 aromatic heterocycles. The molecule has 1 amide bonds. The van der Waals surface area contributed by atoms with Gasteiger partial charge in [-0.25, -0.2) is 0 Å². The van der Waals surface area contributed by atoms with E-state index in [1.54, 1.807) is 0 Å². The number of halogens is 1. The second-order valence-corrected chi connectivity index (χ2v) is 5.89. The first kappa shape index (κ1) is 16.7. The summed E-state index contributed by atoms with van der Waals surface area (Å²) in [6, 6.07) is 0.122. The molecule has 1 aliphatic carbocycles. The van der Waals surface area contributed by atoms with Crippen LogP contribution >= 0.6 is 12.4 Å². The number of hydrogen-bond acceptors (Lipinski definition) is 2. The van der Waals surface area contributed by atoms with Gasteiger partial charge in [-0.15, -0.1) is 12.4 Å². The zero-order chi connectivity index (χ0) is 12.2. The van der Waals surface area contributed by atoms with Gasteiger partial charge in [-0.2, -0.15) is 0 Å². The zero-order valence-electron chi connectivity index (χ0n) is 11.3. The van der Waals surface area contributed by atoms with Crippen molar-refractivity contribution in [2.24, 2.45) is 17.1 Å². The Kier molecular flexibility index (Phi) is 7.10. The maximum atomic E-state index is 11.5. The SMILES string of the molecule is CC(C)CC1(CNC(=O)CCC(C)N)CC1.Cl. The molecule has 0 saturated heterocycles. The van der Waals surface area contributed by atoms with E-state index in [1.165, 1.54) is 19.3 Å². The van der Waals surface area contributed by atoms with Crippen LogP contribution in [0.2, 0.25) is 0 Å². The van der Waals surface area contributed by atoms with Gasteiger partial charge in [-0.1, -0.05) is 13.8 Å². The molecule has 0 heterocycles. The number of carbonyl (C=O) groups is 1. The Labute approximate surface area is 111 Å². The molecule has 3 N–H and O–H groups in total. The number of amides is 1. The maximum absolute atomic E-state index is 11.5. The average Bonchev–Trinajstić information content (AvgIpc) is 2.91. The lowest BCUT2D eigenvalue weighted by Gasteiger charge is -2.18. The Morgan fingerprint density at radius 3 is 2.35 bits per heavy atom. The van der Waals surface area contributed by atoms with Crippen LogP contribution in [-0.4, -0.2) is 18.5 Å². The first-order valence-corrected chi connectivity index (χ1v) is 6.46. The molecule has 1 aliphatic rings. The van der Waals surface area contributed by atoms with Crippen molar-refractivity contribution >= 4 is 18.3 Å². The van der Waals surface area contributed by atoms with Crippen molar-refractivity contribution in [2.75, 3.05) is 6.54 Å². The van der Waals surface area contributed by atoms with E-state index < -0.39 is 0 Å². The lowest BCUT2D eigenvalue weighted by Crippen LogP contribution is -2.31. The predicted molar refractivity (Wildman–Crippen MR) is 74.3 cm³/mol. The second kappa shape index (κ2) is 7.22. The first-order valence-electron chi connectivity index (χ1n) is 6.46. The van der Waals surface area contributed by atoms with E-state index >= 15 is 0 Å². The maximum Gasteiger partial charge on any atom is 0.220 e. The van der Waals surface area contributed by atoms with Gasteiger partial charge in [-0.05, 0) is 43.9 Å². The van der Waals surface area contributed by atoms with Crippen molar-refractivity contribution in [2.45, 2.75) is 58.9 Å². The van der Waals surface area contributed by atoms with Gasteiger partial charge in [0.25, 0.3) is 0 Å². The molecular formula is C13H27ClN2O. The van der Waals surface area contributed by atoms with Gasteiger partial charge in [0, 0.05) is 19.0 Å². The molecule has 1 atom stereocenters. The average molecular weight is 263 g/mol. The van der Waals surface area contributed by atoms with Crippen molar-refractivity contribution in [1.29, 1.82) is 0 Å². The van der Waals surface area contributed by atoms with Gasteiger partial charge in [0.15, 0.2) is 0 Å². The number of nitrogens with one attached hydrogen (secondary N) is 1. The molecule has 0 aromatic carbocycles. The highest BCUT2D eigenvalue weighted by molar-refractivity contribution is 5.85. The largest absolute Gasteiger partial charge is 0.356 e. The number of nitrogens with two attached hydrogens (primary N) is 1. The van der Waals surface area contributed by atoms with E-state index in [0.717, 1.165) is 18.9 Å². The highest BCUT2D eigenvalue weighted by atomic mass is 35.5. The third kappa shape index (κ3) is 6.89. The fraction of sp³-hybridized carbons (Fsp3) is 0.923. The minimum Gasteiger partial charge on any atom is -0.356 e. The smallest absolute Gasteiger partial charge is 0.220 e. The summed E-state index contributed by atoms with van der Waals surface area (Å²) in [5.41, 5.74) is 6.05. The molecule has 17 heavy (non-hydrogen) atoms. The van der Waals surface area contributed by atoms with Crippen LogP contribution in [0, 0.1) is 11.3 Å². The molecule has 1 rings (SSSR count). The van der Waals surface area contributed by atoms with Crippen LogP contribution in [0.4, 0.5) is 0 Å². The minimum absolute atomic E-state index is 0. The van der Waals surface area contributed by atoms with E-state index in [0.29, 0.717) is 11.8 Å². The van der Waals surface area contributed by atoms with Crippen molar-refractivity contribution in [3.8, 4) is 0 Å². The van der Waals surface area contributed by atoms with Gasteiger partial charge in [0.1, 0.15) is 0 Å². The van der Waals surface area contributed by atoms with Crippen LogP contribution in [0.25, 0.3) is 0 Å². The summed E-state index contributed by atoms with van der Waals surface area (Å²) in [6.45, 7) is 7.30. The van der Waals surface area contributed by atoms with Gasteiger partial charge in [0.2, 0.25) is 5.91 Å². The van der Waals surface area contributed by atoms with E-state index in [4.69, 9.17) is 5.73 Å². The Balaban J connectivity index is 0.00000256. The van der Waals surface area contributed by atoms with Crippen LogP contribution in [-0.2, 0) is 4.79 Å². The molecule has 0 aliphatic heterocycles. The summed E-state index contributed by atoms with van der Waals surface area (Å²) in [6.07, 6.45) is 5.14. The zero-order valence-corrected chi connectivity index (χ0v) is 12.1. The molecule has 102 valence electrons. The summed E-state index contributed by atoms with van der Waals surface area (Å²) in [5.74, 6) is 0.885. The topological polar surface area (TPSA) is 55.1 Å². The van der Waals surface area contributed by atoms with Crippen molar-refractivity contribution in [1.82, 2.24) is 5.32 Å². The third-order valence-corrected chi connectivity index (χ3v) is 3.29. The lowest BCUT2D eigenvalue weighted by molar-refractivity contribution is -0.121. The van der Waals surface area contributed by atoms with Crippen LogP contribution in [0.1, 0.15) is 52.9 Å². The molecular weight excluding hydrogens is 236 g/mol. The monoisotopic (exact) mass is 262 g/mol. The fourth-order valence-corrected chi connectivity index (χ4v) is 2.23. The Bertz CT molecular complexity index is 238. The normalized spacial score (nSPS) is 18.4. The van der Waals surface area contributed by atoms with Crippen LogP contribution < -0.4 is 11.1 Å². The van der Waals surface area contributed by atoms with Gasteiger partial charge < -0.3 is 11.1 Å². The molecule has 4 heteroatoms. The molecule has 1 unspecified atom stereocenters. The predicted octanol–water partition coefficient (Wildman–Crippen LogP) is 2.48. The van der Waals surface area contributed by atoms with Gasteiger partial charge >= 0.3 is 0 Å². The summed E-state index contributed by atoms with van der Waals surface area (Å²) in [4.78, 5) is 11.5. The summed E-state index contributed by atoms with van der Waals surface area (Å²) < 4.78 is 0. The molecule has 0 radical (unpaired) electrons. The highest BCUT2D eigenvalue weighted by Crippen LogP contribution is 2.49. The van der Waals surface area contributed by atoms with Crippen LogP contribution in [0.15, 0.2) is 0 Å². The molecule has 1 fully saturated rings. The van der Waals surface area contributed by atoms with Crippen LogP contribution in [0.3, 0.4) is 0 Å². The van der Waals surface area contributed by atoms with Crippen molar-refractivity contribution < 1.29 is 4.79 Å². The second-order valence-electron chi connectivity index (χ2n) is 5.89. The Morgan fingerprint density at radius 2 is 1.94 bits per heavy atom. The van der Waals surface area contributed by atoms with Crippen molar-refractivity contribution in [3.05, 3.63) is 0 Å². The standard InChI is InChI=1S/C13H26N2O.ClH/c1-10(2)8-13(6-7-13)9-15-12(16)5-4-11(3)14;/h10-11H,4-9,14H2,1-3H3,(H,15,16);1H. The number of carbonyl (C=O) groups excluding carboxylic acids is 1. The van der Waals surface area contributed by atoms with E-state index in [2.05, 4.69) is 19.2 Å². The number of hydrogen-bond donors (Lipinski definition) is 2. The first-order chi connectivity index (χ1) is 7.43. The van der Waals surface area contributed by atoms with Gasteiger partial charge in [0.05, 0.1) is 0 Å². The summed E-state index contributed by atoms with van der Waals surface area (Å²) in [5, 5.41) is 3.05. The molecule has 0 bridgehead atoms. The molecule has 0 spiro atoms. The van der Waals surface area contributed by atoms with E-state index in [9.17, 15) is 4.79 Å². The molecule has 0 aromatic rings. The lowest BCUT2D eigenvalue weighted by atomic mass is 9.94. The third-order valence-electron chi connectivity index (χ3n) is 3.29. The molecule has 3 nitrogen and oxygen atoms in total. The van der Waals surface area contributed by atoms with E-state index in [1.807, 2.05) is 6.92 Å². The van der Waals surface area contributed by atoms with Gasteiger partial charge in [-0.3, -0.25) is 4.79 Å². The molecule has 1 saturated carbocycles. The van der Waals surface area contributed by atoms with E-state index in [-0.39, 0.29) is 24.4 Å². The summed E-state index contributed by atoms with van der Waals surface area (Å²) >= 11 is 0. The number of rotatable bonds is 7. The Morgan fingerprint density at radius 1 is 1.35 bits per heavy atom. The minimum atomic E-state index is 0. The summed E-state index contributed by atoms with van der Waals surface area (Å²) in [7, 11) is 0. The fourth-order valence-electron chi connectivity index (χ4n) is 2.23.